The van der Waals surface area contributed by atoms with Crippen molar-refractivity contribution in [3.8, 4) is 5.75 Å². The van der Waals surface area contributed by atoms with Crippen molar-refractivity contribution in [3.63, 3.8) is 0 Å². The number of fused-ring (bicyclic) bond motifs is 3. The Hall–Kier alpha value is -2.68. The Balaban J connectivity index is 1.97. The number of para-hydroxylation sites is 1. The minimum atomic E-state index is 0.441. The molecule has 1 heterocycles. The largest absolute Gasteiger partial charge is 0.431 e. The Morgan fingerprint density at radius 2 is 1.76 bits per heavy atom. The van der Waals surface area contributed by atoms with Crippen LogP contribution in [-0.2, 0) is 0 Å². The maximum Gasteiger partial charge on any atom is 0.317 e. The van der Waals surface area contributed by atoms with Crippen LogP contribution in [-0.4, -0.2) is 11.4 Å². The molecule has 0 aliphatic carbocycles. The van der Waals surface area contributed by atoms with Gasteiger partial charge < -0.3 is 4.74 Å². The third-order valence-electron chi connectivity index (χ3n) is 3.77. The SMILES string of the molecule is Cc1cc2ccccc2c2c1OC[N+](c1ccccc1)=N2. The molecule has 0 saturated heterocycles. The highest BCUT2D eigenvalue weighted by atomic mass is 16.5. The van der Waals surface area contributed by atoms with Crippen LogP contribution >= 0.6 is 0 Å². The summed E-state index contributed by atoms with van der Waals surface area (Å²) in [5.41, 5.74) is 3.08. The van der Waals surface area contributed by atoms with Gasteiger partial charge in [0.25, 0.3) is 0 Å². The minimum absolute atomic E-state index is 0.441. The van der Waals surface area contributed by atoms with Crippen LogP contribution in [0.15, 0.2) is 65.8 Å². The molecule has 4 rings (SSSR count). The van der Waals surface area contributed by atoms with Crippen LogP contribution in [0.2, 0.25) is 0 Å². The highest BCUT2D eigenvalue weighted by Crippen LogP contribution is 2.41. The quantitative estimate of drug-likeness (QED) is 0.578. The molecule has 1 aliphatic rings. The molecule has 1 aliphatic heterocycles. The van der Waals surface area contributed by atoms with Crippen LogP contribution in [0.4, 0.5) is 11.4 Å². The van der Waals surface area contributed by atoms with Gasteiger partial charge in [0.2, 0.25) is 5.69 Å². The van der Waals surface area contributed by atoms with Gasteiger partial charge in [-0.2, -0.15) is 0 Å². The summed E-state index contributed by atoms with van der Waals surface area (Å²) in [6.07, 6.45) is 0. The number of benzene rings is 3. The van der Waals surface area contributed by atoms with E-state index in [4.69, 9.17) is 9.85 Å². The lowest BCUT2D eigenvalue weighted by Crippen LogP contribution is -2.15. The van der Waals surface area contributed by atoms with Gasteiger partial charge in [-0.1, -0.05) is 42.5 Å². The van der Waals surface area contributed by atoms with Gasteiger partial charge in [-0.3, -0.25) is 0 Å². The first kappa shape index (κ1) is 12.1. The van der Waals surface area contributed by atoms with Gasteiger partial charge in [-0.15, -0.1) is 0 Å². The third kappa shape index (κ3) is 1.98. The van der Waals surface area contributed by atoms with Crippen molar-refractivity contribution in [1.82, 2.24) is 0 Å². The molecule has 0 fully saturated rings. The Bertz CT molecular complexity index is 854. The highest BCUT2D eigenvalue weighted by Gasteiger charge is 2.24. The summed E-state index contributed by atoms with van der Waals surface area (Å²) >= 11 is 0. The number of azo groups is 2. The molecule has 3 aromatic rings. The highest BCUT2D eigenvalue weighted by molar-refractivity contribution is 5.96. The molecule has 0 saturated carbocycles. The fourth-order valence-electron chi connectivity index (χ4n) is 2.74. The van der Waals surface area contributed by atoms with Crippen LogP contribution in [0.25, 0.3) is 10.8 Å². The zero-order valence-electron chi connectivity index (χ0n) is 11.8. The average Bonchev–Trinajstić information content (AvgIpc) is 2.55. The molecular weight excluding hydrogens is 260 g/mol. The maximum absolute atomic E-state index is 5.96. The second-order valence-electron chi connectivity index (χ2n) is 5.20. The molecule has 0 atom stereocenters. The first-order valence-electron chi connectivity index (χ1n) is 7.02. The first-order valence-corrected chi connectivity index (χ1v) is 7.02. The van der Waals surface area contributed by atoms with E-state index < -0.39 is 0 Å². The summed E-state index contributed by atoms with van der Waals surface area (Å²) in [6, 6.07) is 20.5. The lowest BCUT2D eigenvalue weighted by atomic mass is 10.0. The number of aryl methyl sites for hydroxylation is 1. The lowest BCUT2D eigenvalue weighted by Gasteiger charge is -2.15. The lowest BCUT2D eigenvalue weighted by molar-refractivity contribution is -0.544. The predicted octanol–water partition coefficient (Wildman–Crippen LogP) is 4.93. The van der Waals surface area contributed by atoms with Crippen molar-refractivity contribution in [2.24, 2.45) is 5.11 Å². The van der Waals surface area contributed by atoms with E-state index in [0.717, 1.165) is 28.1 Å². The number of hydrogen-bond acceptors (Lipinski definition) is 2. The Kier molecular flexibility index (Phi) is 2.71. The van der Waals surface area contributed by atoms with E-state index in [-0.39, 0.29) is 0 Å². The van der Waals surface area contributed by atoms with E-state index in [1.54, 1.807) is 0 Å². The number of nitrogens with zero attached hydrogens (tertiary/aromatic N) is 2. The van der Waals surface area contributed by atoms with Crippen molar-refractivity contribution >= 4 is 22.1 Å². The van der Waals surface area contributed by atoms with Crippen molar-refractivity contribution in [2.75, 3.05) is 6.73 Å². The van der Waals surface area contributed by atoms with Crippen molar-refractivity contribution in [2.45, 2.75) is 6.92 Å². The van der Waals surface area contributed by atoms with Crippen molar-refractivity contribution < 1.29 is 9.43 Å². The fraction of sp³-hybridized carbons (Fsp3) is 0.111. The molecule has 21 heavy (non-hydrogen) atoms. The van der Waals surface area contributed by atoms with Gasteiger partial charge in [-0.05, 0) is 28.6 Å². The van der Waals surface area contributed by atoms with E-state index in [0.29, 0.717) is 6.73 Å². The molecule has 102 valence electrons. The summed E-state index contributed by atoms with van der Waals surface area (Å²) < 4.78 is 7.86. The Morgan fingerprint density at radius 1 is 1.00 bits per heavy atom. The van der Waals surface area contributed by atoms with Crippen LogP contribution in [0.1, 0.15) is 5.56 Å². The summed E-state index contributed by atoms with van der Waals surface area (Å²) in [5.74, 6) is 0.890. The summed E-state index contributed by atoms with van der Waals surface area (Å²) in [5, 5.41) is 7.13. The summed E-state index contributed by atoms with van der Waals surface area (Å²) in [6.45, 7) is 2.51. The molecule has 0 radical (unpaired) electrons. The van der Waals surface area contributed by atoms with Crippen LogP contribution in [0.3, 0.4) is 0 Å². The molecule has 0 amide bonds. The average molecular weight is 275 g/mol. The molecule has 0 spiro atoms. The zero-order valence-corrected chi connectivity index (χ0v) is 11.8. The standard InChI is InChI=1S/C18H15N2O/c1-13-11-14-7-5-6-10-16(14)17-18(13)21-12-20(19-17)15-8-3-2-4-9-15/h2-11H,12H2,1H3/q+1. The second kappa shape index (κ2) is 4.70. The Morgan fingerprint density at radius 3 is 2.62 bits per heavy atom. The molecule has 0 N–H and O–H groups in total. The fourth-order valence-corrected chi connectivity index (χ4v) is 2.74. The van der Waals surface area contributed by atoms with E-state index in [1.165, 1.54) is 5.39 Å². The molecule has 3 heteroatoms. The molecule has 0 unspecified atom stereocenters. The van der Waals surface area contributed by atoms with Crippen LogP contribution in [0.5, 0.6) is 5.75 Å². The van der Waals surface area contributed by atoms with Gasteiger partial charge in [0.1, 0.15) is 0 Å². The maximum atomic E-state index is 5.96. The molecule has 3 nitrogen and oxygen atoms in total. The van der Waals surface area contributed by atoms with E-state index in [2.05, 4.69) is 25.1 Å². The second-order valence-corrected chi connectivity index (χ2v) is 5.20. The van der Waals surface area contributed by atoms with Crippen molar-refractivity contribution in [1.29, 1.82) is 0 Å². The van der Waals surface area contributed by atoms with E-state index >= 15 is 0 Å². The molecule has 3 aromatic carbocycles. The van der Waals surface area contributed by atoms with Crippen molar-refractivity contribution in [3.05, 3.63) is 66.2 Å². The topological polar surface area (TPSA) is 24.6 Å². The van der Waals surface area contributed by atoms with E-state index in [1.807, 2.05) is 47.2 Å². The first-order chi connectivity index (χ1) is 10.3. The van der Waals surface area contributed by atoms with Gasteiger partial charge >= 0.3 is 6.73 Å². The summed E-state index contributed by atoms with van der Waals surface area (Å²) in [4.78, 5) is 0. The predicted molar refractivity (Wildman–Crippen MR) is 82.6 cm³/mol. The zero-order chi connectivity index (χ0) is 14.2. The normalized spacial score (nSPS) is 13.5. The monoisotopic (exact) mass is 275 g/mol. The Labute approximate surface area is 123 Å². The minimum Gasteiger partial charge on any atom is -0.431 e. The van der Waals surface area contributed by atoms with Gasteiger partial charge in [0.15, 0.2) is 11.4 Å². The van der Waals surface area contributed by atoms with E-state index in [9.17, 15) is 0 Å². The van der Waals surface area contributed by atoms with Gasteiger partial charge in [0, 0.05) is 22.6 Å². The molecule has 0 aromatic heterocycles. The molecule has 0 bridgehead atoms. The molecular formula is C18H15N2O+. The smallest absolute Gasteiger partial charge is 0.317 e. The van der Waals surface area contributed by atoms with Gasteiger partial charge in [0.05, 0.1) is 0 Å². The number of rotatable bonds is 1. The third-order valence-corrected chi connectivity index (χ3v) is 3.77. The number of ether oxygens (including phenoxy) is 1. The van der Waals surface area contributed by atoms with Gasteiger partial charge in [-0.25, -0.2) is 0 Å². The number of hydrogen-bond donors (Lipinski definition) is 0. The van der Waals surface area contributed by atoms with Crippen LogP contribution in [0, 0.1) is 6.92 Å². The summed E-state index contributed by atoms with van der Waals surface area (Å²) in [7, 11) is 0. The van der Waals surface area contributed by atoms with Crippen LogP contribution < -0.4 is 4.74 Å².